The van der Waals surface area contributed by atoms with E-state index in [0.29, 0.717) is 0 Å². The maximum Gasteiger partial charge on any atom is 0.110 e. The van der Waals surface area contributed by atoms with Crippen LogP contribution >= 0.6 is 0 Å². The number of aryl methyl sites for hydroxylation is 1. The topological polar surface area (TPSA) is 40.9 Å². The highest BCUT2D eigenvalue weighted by Crippen LogP contribution is 2.35. The van der Waals surface area contributed by atoms with Gasteiger partial charge in [-0.25, -0.2) is 0 Å². The van der Waals surface area contributed by atoms with Crippen molar-refractivity contribution in [3.8, 4) is 0 Å². The van der Waals surface area contributed by atoms with Crippen molar-refractivity contribution in [3.05, 3.63) is 90.8 Å². The molecule has 0 radical (unpaired) electrons. The summed E-state index contributed by atoms with van der Waals surface area (Å²) >= 11 is 0. The molecule has 0 spiro atoms. The highest BCUT2D eigenvalue weighted by molar-refractivity contribution is 5.91. The molecule has 1 heterocycles. The molecule has 4 aromatic rings. The Morgan fingerprint density at radius 1 is 0.815 bits per heavy atom. The van der Waals surface area contributed by atoms with Crippen LogP contribution in [0.3, 0.4) is 0 Å². The average molecular weight is 352 g/mol. The first-order valence-electron chi connectivity index (χ1n) is 8.86. The molecule has 0 bridgehead atoms. The summed E-state index contributed by atoms with van der Waals surface area (Å²) in [6.07, 6.45) is 3.62. The maximum absolute atomic E-state index is 4.59. The number of fused-ring (bicyclic) bond motifs is 1. The molecule has 1 aromatic heterocycles. The normalized spacial score (nSPS) is 11.2. The third kappa shape index (κ3) is 3.55. The molecular formula is C23H20N4. The van der Waals surface area contributed by atoms with Crippen LogP contribution in [0, 0.1) is 6.92 Å². The Balaban J connectivity index is 1.75. The van der Waals surface area contributed by atoms with Gasteiger partial charge in [-0.3, -0.25) is 4.98 Å². The highest BCUT2D eigenvalue weighted by Gasteiger charge is 2.10. The number of benzene rings is 3. The fourth-order valence-electron chi connectivity index (χ4n) is 3.08. The largest absolute Gasteiger partial charge is 0.343 e. The van der Waals surface area contributed by atoms with Crippen molar-refractivity contribution in [1.29, 1.82) is 0 Å². The second-order valence-corrected chi connectivity index (χ2v) is 6.46. The quantitative estimate of drug-likeness (QED) is 0.382. The average Bonchev–Trinajstić information content (AvgIpc) is 2.72. The van der Waals surface area contributed by atoms with Gasteiger partial charge in [-0.2, -0.15) is 0 Å². The molecule has 27 heavy (non-hydrogen) atoms. The summed E-state index contributed by atoms with van der Waals surface area (Å²) in [5, 5.41) is 11.2. The molecule has 4 nitrogen and oxygen atoms in total. The number of aromatic nitrogens is 1. The molecular weight excluding hydrogens is 332 g/mol. The SMILES string of the molecule is Cc1ccc(N(C)c2ccccc2)c(N=Nc2cccc3ccncc23)c1. The third-order valence-corrected chi connectivity index (χ3v) is 4.56. The van der Waals surface area contributed by atoms with Gasteiger partial charge < -0.3 is 4.90 Å². The van der Waals surface area contributed by atoms with Crippen LogP contribution in [0.4, 0.5) is 22.7 Å². The zero-order valence-electron chi connectivity index (χ0n) is 15.4. The van der Waals surface area contributed by atoms with Crippen LogP contribution in [0.1, 0.15) is 5.56 Å². The number of hydrogen-bond donors (Lipinski definition) is 0. The van der Waals surface area contributed by atoms with Gasteiger partial charge in [-0.15, -0.1) is 10.2 Å². The molecule has 0 aliphatic heterocycles. The van der Waals surface area contributed by atoms with Crippen molar-refractivity contribution in [3.63, 3.8) is 0 Å². The Labute approximate surface area is 158 Å². The summed E-state index contributed by atoms with van der Waals surface area (Å²) in [5.41, 5.74) is 4.91. The molecule has 132 valence electrons. The van der Waals surface area contributed by atoms with Crippen molar-refractivity contribution < 1.29 is 0 Å². The first-order chi connectivity index (χ1) is 13.2. The predicted molar refractivity (Wildman–Crippen MR) is 112 cm³/mol. The van der Waals surface area contributed by atoms with Crippen LogP contribution in [-0.4, -0.2) is 12.0 Å². The molecule has 0 aliphatic carbocycles. The van der Waals surface area contributed by atoms with E-state index in [-0.39, 0.29) is 0 Å². The van der Waals surface area contributed by atoms with Crippen molar-refractivity contribution >= 4 is 33.5 Å². The second-order valence-electron chi connectivity index (χ2n) is 6.46. The van der Waals surface area contributed by atoms with Crippen LogP contribution in [0.5, 0.6) is 0 Å². The third-order valence-electron chi connectivity index (χ3n) is 4.56. The maximum atomic E-state index is 4.59. The summed E-state index contributed by atoms with van der Waals surface area (Å²) in [4.78, 5) is 6.34. The first kappa shape index (κ1) is 16.9. The van der Waals surface area contributed by atoms with Gasteiger partial charge in [0.1, 0.15) is 5.69 Å². The molecule has 0 atom stereocenters. The van der Waals surface area contributed by atoms with Gasteiger partial charge in [0.05, 0.1) is 11.4 Å². The van der Waals surface area contributed by atoms with Gasteiger partial charge in [0.25, 0.3) is 0 Å². The highest BCUT2D eigenvalue weighted by atomic mass is 15.2. The van der Waals surface area contributed by atoms with Gasteiger partial charge in [-0.05, 0) is 54.3 Å². The monoisotopic (exact) mass is 352 g/mol. The van der Waals surface area contributed by atoms with E-state index in [1.54, 1.807) is 6.20 Å². The molecule has 4 rings (SSSR count). The van der Waals surface area contributed by atoms with Gasteiger partial charge in [0.15, 0.2) is 0 Å². The number of pyridine rings is 1. The Morgan fingerprint density at radius 3 is 2.48 bits per heavy atom. The minimum atomic E-state index is 0.815. The lowest BCUT2D eigenvalue weighted by Crippen LogP contribution is -2.09. The van der Waals surface area contributed by atoms with Crippen LogP contribution < -0.4 is 4.90 Å². The van der Waals surface area contributed by atoms with Crippen molar-refractivity contribution in [2.45, 2.75) is 6.92 Å². The van der Waals surface area contributed by atoms with E-state index < -0.39 is 0 Å². The molecule has 0 N–H and O–H groups in total. The molecule has 4 heteroatoms. The van der Waals surface area contributed by atoms with Gasteiger partial charge in [-0.1, -0.05) is 36.4 Å². The van der Waals surface area contributed by atoms with E-state index >= 15 is 0 Å². The Kier molecular flexibility index (Phi) is 4.62. The number of nitrogens with zero attached hydrogens (tertiary/aromatic N) is 4. The van der Waals surface area contributed by atoms with Crippen LogP contribution in [-0.2, 0) is 0 Å². The number of rotatable bonds is 4. The second kappa shape index (κ2) is 7.38. The first-order valence-corrected chi connectivity index (χ1v) is 8.86. The summed E-state index contributed by atoms with van der Waals surface area (Å²) in [5.74, 6) is 0. The number of para-hydroxylation sites is 1. The van der Waals surface area contributed by atoms with E-state index in [1.807, 2.05) is 49.6 Å². The molecule has 0 amide bonds. The zero-order chi connectivity index (χ0) is 18.6. The van der Waals surface area contributed by atoms with Crippen molar-refractivity contribution in [2.24, 2.45) is 10.2 Å². The zero-order valence-corrected chi connectivity index (χ0v) is 15.4. The van der Waals surface area contributed by atoms with E-state index in [4.69, 9.17) is 0 Å². The molecule has 3 aromatic carbocycles. The lowest BCUT2D eigenvalue weighted by Gasteiger charge is -2.21. The Hall–Kier alpha value is -3.53. The minimum Gasteiger partial charge on any atom is -0.343 e. The Bertz CT molecular complexity index is 1100. The number of anilines is 2. The molecule has 0 unspecified atom stereocenters. The van der Waals surface area contributed by atoms with Crippen LogP contribution in [0.25, 0.3) is 10.8 Å². The summed E-state index contributed by atoms with van der Waals surface area (Å²) in [6, 6.07) is 24.5. The molecule has 0 aliphatic rings. The summed E-state index contributed by atoms with van der Waals surface area (Å²) in [7, 11) is 2.04. The molecule has 0 saturated heterocycles. The standard InChI is InChI=1S/C23H20N4/c1-17-11-12-23(27(2)19-8-4-3-5-9-19)22(15-17)26-25-21-10-6-7-18-13-14-24-16-20(18)21/h3-16H,1-2H3. The van der Waals surface area contributed by atoms with E-state index in [2.05, 4.69) is 63.4 Å². The molecule has 0 saturated carbocycles. The predicted octanol–water partition coefficient (Wildman–Crippen LogP) is 6.73. The van der Waals surface area contributed by atoms with Crippen molar-refractivity contribution in [1.82, 2.24) is 4.98 Å². The van der Waals surface area contributed by atoms with Gasteiger partial charge in [0.2, 0.25) is 0 Å². The smallest absolute Gasteiger partial charge is 0.110 e. The summed E-state index contributed by atoms with van der Waals surface area (Å²) in [6.45, 7) is 2.06. The fraction of sp³-hybridized carbons (Fsp3) is 0.0870. The Morgan fingerprint density at radius 2 is 1.63 bits per heavy atom. The lowest BCUT2D eigenvalue weighted by molar-refractivity contribution is 1.16. The van der Waals surface area contributed by atoms with E-state index in [0.717, 1.165) is 39.1 Å². The minimum absolute atomic E-state index is 0.815. The number of hydrogen-bond acceptors (Lipinski definition) is 4. The van der Waals surface area contributed by atoms with Gasteiger partial charge in [0, 0.05) is 30.5 Å². The van der Waals surface area contributed by atoms with Crippen LogP contribution in [0.15, 0.2) is 95.4 Å². The van der Waals surface area contributed by atoms with E-state index in [1.165, 1.54) is 0 Å². The summed E-state index contributed by atoms with van der Waals surface area (Å²) < 4.78 is 0. The molecule has 0 fully saturated rings. The number of azo groups is 1. The van der Waals surface area contributed by atoms with E-state index in [9.17, 15) is 0 Å². The van der Waals surface area contributed by atoms with Crippen molar-refractivity contribution in [2.75, 3.05) is 11.9 Å². The van der Waals surface area contributed by atoms with Gasteiger partial charge >= 0.3 is 0 Å². The van der Waals surface area contributed by atoms with Crippen LogP contribution in [0.2, 0.25) is 0 Å². The fourth-order valence-corrected chi connectivity index (χ4v) is 3.08. The lowest BCUT2D eigenvalue weighted by atomic mass is 10.1.